The van der Waals surface area contributed by atoms with Gasteiger partial charge in [-0.25, -0.2) is 8.42 Å². The van der Waals surface area contributed by atoms with Crippen LogP contribution in [0.25, 0.3) is 0 Å². The van der Waals surface area contributed by atoms with Gasteiger partial charge in [-0.1, -0.05) is 12.1 Å². The summed E-state index contributed by atoms with van der Waals surface area (Å²) < 4.78 is 39.2. The fraction of sp³-hybridized carbons (Fsp3) is 0.158. The summed E-state index contributed by atoms with van der Waals surface area (Å²) >= 11 is 0. The standard InChI is InChI=1S/C19H19N3O6S/c1-21(13-15-6-5-11-28-15)17-10-9-14(22(23)24)12-19(17)29(25,26)20-16-7-3-4-8-18(16)27-2/h3-12,20H,13H2,1-2H3. The van der Waals surface area contributed by atoms with Gasteiger partial charge in [-0.3, -0.25) is 14.8 Å². The third-order valence-electron chi connectivity index (χ3n) is 4.18. The Bertz CT molecular complexity index is 1110. The minimum absolute atomic E-state index is 0.223. The van der Waals surface area contributed by atoms with Gasteiger partial charge in [0, 0.05) is 19.2 Å². The Hall–Kier alpha value is -3.53. The van der Waals surface area contributed by atoms with Crippen molar-refractivity contribution >= 4 is 27.1 Å². The van der Waals surface area contributed by atoms with Crippen molar-refractivity contribution in [1.82, 2.24) is 0 Å². The fourth-order valence-corrected chi connectivity index (χ4v) is 4.14. The summed E-state index contributed by atoms with van der Waals surface area (Å²) in [5, 5.41) is 11.2. The van der Waals surface area contributed by atoms with Gasteiger partial charge in [0.05, 0.1) is 36.2 Å². The van der Waals surface area contributed by atoms with Gasteiger partial charge in [0.2, 0.25) is 0 Å². The Labute approximate surface area is 167 Å². The zero-order valence-corrected chi connectivity index (χ0v) is 16.5. The number of para-hydroxylation sites is 2. The normalized spacial score (nSPS) is 11.1. The van der Waals surface area contributed by atoms with Gasteiger partial charge in [-0.05, 0) is 30.3 Å². The Morgan fingerprint density at radius 1 is 1.17 bits per heavy atom. The van der Waals surface area contributed by atoms with Crippen LogP contribution in [0.1, 0.15) is 5.76 Å². The van der Waals surface area contributed by atoms with E-state index in [1.165, 1.54) is 25.5 Å². The van der Waals surface area contributed by atoms with Gasteiger partial charge in [-0.2, -0.15) is 0 Å². The molecule has 0 radical (unpaired) electrons. The molecule has 0 aliphatic heterocycles. The first kappa shape index (κ1) is 20.2. The number of nitrogens with one attached hydrogen (secondary N) is 1. The average Bonchev–Trinajstić information content (AvgIpc) is 3.20. The van der Waals surface area contributed by atoms with Crippen LogP contribution in [0.4, 0.5) is 17.1 Å². The van der Waals surface area contributed by atoms with Crippen LogP contribution in [0.2, 0.25) is 0 Å². The molecule has 0 spiro atoms. The molecule has 0 atom stereocenters. The molecule has 152 valence electrons. The summed E-state index contributed by atoms with van der Waals surface area (Å²) in [4.78, 5) is 12.0. The molecule has 0 aliphatic rings. The van der Waals surface area contributed by atoms with Crippen molar-refractivity contribution < 1.29 is 22.5 Å². The molecule has 0 aliphatic carbocycles. The first-order valence-electron chi connectivity index (χ1n) is 8.49. The van der Waals surface area contributed by atoms with Crippen molar-refractivity contribution in [3.8, 4) is 5.75 Å². The molecule has 3 rings (SSSR count). The van der Waals surface area contributed by atoms with Crippen LogP contribution in [0.3, 0.4) is 0 Å². The van der Waals surface area contributed by atoms with Crippen molar-refractivity contribution in [3.05, 3.63) is 76.7 Å². The van der Waals surface area contributed by atoms with Crippen molar-refractivity contribution in [1.29, 1.82) is 0 Å². The number of hydrogen-bond donors (Lipinski definition) is 1. The quantitative estimate of drug-likeness (QED) is 0.439. The number of nitrogens with zero attached hydrogens (tertiary/aromatic N) is 2. The number of hydrogen-bond acceptors (Lipinski definition) is 7. The number of nitro benzene ring substituents is 1. The zero-order chi connectivity index (χ0) is 21.0. The van der Waals surface area contributed by atoms with Crippen molar-refractivity contribution in [3.63, 3.8) is 0 Å². The second kappa shape index (κ2) is 8.23. The monoisotopic (exact) mass is 417 g/mol. The molecule has 0 saturated heterocycles. The minimum atomic E-state index is -4.16. The lowest BCUT2D eigenvalue weighted by Gasteiger charge is -2.22. The number of anilines is 2. The summed E-state index contributed by atoms with van der Waals surface area (Å²) in [6.45, 7) is 0.280. The molecular formula is C19H19N3O6S. The Morgan fingerprint density at radius 2 is 1.93 bits per heavy atom. The van der Waals surface area contributed by atoms with Crippen molar-refractivity contribution in [2.45, 2.75) is 11.4 Å². The number of non-ortho nitro benzene ring substituents is 1. The molecule has 2 aromatic carbocycles. The number of furan rings is 1. The van der Waals surface area contributed by atoms with Gasteiger partial charge < -0.3 is 14.1 Å². The van der Waals surface area contributed by atoms with Crippen LogP contribution < -0.4 is 14.4 Å². The van der Waals surface area contributed by atoms with E-state index < -0.39 is 14.9 Å². The zero-order valence-electron chi connectivity index (χ0n) is 15.7. The predicted octanol–water partition coefficient (Wildman–Crippen LogP) is 3.63. The van der Waals surface area contributed by atoms with E-state index in [0.29, 0.717) is 11.5 Å². The van der Waals surface area contributed by atoms with Crippen LogP contribution in [-0.2, 0) is 16.6 Å². The van der Waals surface area contributed by atoms with E-state index in [4.69, 9.17) is 9.15 Å². The molecule has 1 heterocycles. The molecule has 3 aromatic rings. The van der Waals surface area contributed by atoms with Crippen LogP contribution in [-0.4, -0.2) is 27.5 Å². The molecule has 29 heavy (non-hydrogen) atoms. The molecule has 0 bridgehead atoms. The Morgan fingerprint density at radius 3 is 2.59 bits per heavy atom. The van der Waals surface area contributed by atoms with Crippen LogP contribution in [0.15, 0.2) is 70.2 Å². The molecule has 9 nitrogen and oxygen atoms in total. The average molecular weight is 417 g/mol. The maximum Gasteiger partial charge on any atom is 0.270 e. The highest BCUT2D eigenvalue weighted by Gasteiger charge is 2.25. The second-order valence-corrected chi connectivity index (χ2v) is 7.80. The number of sulfonamides is 1. The molecule has 0 amide bonds. The number of rotatable bonds is 8. The summed E-state index contributed by atoms with van der Waals surface area (Å²) in [7, 11) is -1.07. The third-order valence-corrected chi connectivity index (χ3v) is 5.57. The van der Waals surface area contributed by atoms with E-state index in [-0.39, 0.29) is 28.5 Å². The maximum absolute atomic E-state index is 13.1. The van der Waals surface area contributed by atoms with Gasteiger partial charge in [0.1, 0.15) is 16.4 Å². The van der Waals surface area contributed by atoms with Gasteiger partial charge in [0.15, 0.2) is 0 Å². The molecule has 0 unspecified atom stereocenters. The summed E-state index contributed by atoms with van der Waals surface area (Å²) in [5.41, 5.74) is 0.177. The number of nitro groups is 1. The van der Waals surface area contributed by atoms with Crippen molar-refractivity contribution in [2.75, 3.05) is 23.8 Å². The molecule has 1 aromatic heterocycles. The SMILES string of the molecule is COc1ccccc1NS(=O)(=O)c1cc([N+](=O)[O-])ccc1N(C)Cc1ccco1. The van der Waals surface area contributed by atoms with Gasteiger partial charge in [-0.15, -0.1) is 0 Å². The van der Waals surface area contributed by atoms with E-state index in [9.17, 15) is 18.5 Å². The summed E-state index contributed by atoms with van der Waals surface area (Å²) in [5.74, 6) is 0.943. The highest BCUT2D eigenvalue weighted by molar-refractivity contribution is 7.93. The number of methoxy groups -OCH3 is 1. The molecular weight excluding hydrogens is 398 g/mol. The first-order chi connectivity index (χ1) is 13.8. The second-order valence-electron chi connectivity index (χ2n) is 6.15. The molecule has 0 saturated carbocycles. The molecule has 10 heteroatoms. The largest absolute Gasteiger partial charge is 0.495 e. The topological polar surface area (TPSA) is 115 Å². The van der Waals surface area contributed by atoms with Crippen LogP contribution in [0, 0.1) is 10.1 Å². The third kappa shape index (κ3) is 4.49. The highest BCUT2D eigenvalue weighted by atomic mass is 32.2. The highest BCUT2D eigenvalue weighted by Crippen LogP contribution is 2.33. The Balaban J connectivity index is 2.04. The molecule has 1 N–H and O–H groups in total. The molecule has 0 fully saturated rings. The fourth-order valence-electron chi connectivity index (χ4n) is 2.80. The smallest absolute Gasteiger partial charge is 0.270 e. The Kier molecular flexibility index (Phi) is 5.74. The van der Waals surface area contributed by atoms with Gasteiger partial charge in [0.25, 0.3) is 15.7 Å². The van der Waals surface area contributed by atoms with Gasteiger partial charge >= 0.3 is 0 Å². The number of benzene rings is 2. The number of ether oxygens (including phenoxy) is 1. The lowest BCUT2D eigenvalue weighted by atomic mass is 10.2. The van der Waals surface area contributed by atoms with Crippen molar-refractivity contribution in [2.24, 2.45) is 0 Å². The summed E-state index contributed by atoms with van der Waals surface area (Å²) in [6.07, 6.45) is 1.51. The summed E-state index contributed by atoms with van der Waals surface area (Å²) in [6, 6.07) is 13.7. The maximum atomic E-state index is 13.1. The lowest BCUT2D eigenvalue weighted by molar-refractivity contribution is -0.385. The van der Waals surface area contributed by atoms with E-state index in [2.05, 4.69) is 4.72 Å². The van der Waals surface area contributed by atoms with E-state index in [1.54, 1.807) is 48.3 Å². The lowest BCUT2D eigenvalue weighted by Crippen LogP contribution is -2.22. The van der Waals surface area contributed by atoms with E-state index in [1.807, 2.05) is 0 Å². The predicted molar refractivity (Wildman–Crippen MR) is 108 cm³/mol. The van der Waals surface area contributed by atoms with Crippen LogP contribution >= 0.6 is 0 Å². The first-order valence-corrected chi connectivity index (χ1v) is 9.98. The van der Waals surface area contributed by atoms with E-state index in [0.717, 1.165) is 6.07 Å². The van der Waals surface area contributed by atoms with E-state index >= 15 is 0 Å². The van der Waals surface area contributed by atoms with Crippen LogP contribution in [0.5, 0.6) is 5.75 Å². The minimum Gasteiger partial charge on any atom is -0.495 e.